The number of benzene rings is 2. The number of para-hydroxylation sites is 1. The summed E-state index contributed by atoms with van der Waals surface area (Å²) >= 11 is 1.70. The summed E-state index contributed by atoms with van der Waals surface area (Å²) in [6.45, 7) is 4.98. The zero-order chi connectivity index (χ0) is 21.0. The Morgan fingerprint density at radius 2 is 1.80 bits per heavy atom. The molecular formula is C25H28N2O2S. The Kier molecular flexibility index (Phi) is 6.18. The zero-order valence-electron chi connectivity index (χ0n) is 17.5. The van der Waals surface area contributed by atoms with Crippen LogP contribution in [0.15, 0.2) is 66.2 Å². The topological polar surface area (TPSA) is 42.4 Å². The van der Waals surface area contributed by atoms with Crippen molar-refractivity contribution < 1.29 is 9.53 Å². The van der Waals surface area contributed by atoms with Gasteiger partial charge in [-0.15, -0.1) is 11.3 Å². The van der Waals surface area contributed by atoms with Gasteiger partial charge >= 0.3 is 0 Å². The number of amides is 1. The molecule has 0 spiro atoms. The summed E-state index contributed by atoms with van der Waals surface area (Å²) in [5.41, 5.74) is 3.84. The van der Waals surface area contributed by atoms with E-state index in [1.807, 2.05) is 58.9 Å². The molecule has 4 rings (SSSR count). The highest BCUT2D eigenvalue weighted by atomic mass is 32.1. The van der Waals surface area contributed by atoms with Crippen molar-refractivity contribution in [1.82, 2.24) is 9.88 Å². The first-order chi connectivity index (χ1) is 14.6. The van der Waals surface area contributed by atoms with Crippen molar-refractivity contribution in [3.63, 3.8) is 0 Å². The second-order valence-electron chi connectivity index (χ2n) is 8.33. The molecule has 1 aliphatic heterocycles. The van der Waals surface area contributed by atoms with Crippen LogP contribution in [0.25, 0.3) is 11.3 Å². The van der Waals surface area contributed by atoms with Crippen LogP contribution >= 0.6 is 11.3 Å². The minimum atomic E-state index is -0.284. The molecule has 0 bridgehead atoms. The second kappa shape index (κ2) is 9.00. The third-order valence-electron chi connectivity index (χ3n) is 6.24. The summed E-state index contributed by atoms with van der Waals surface area (Å²) in [6.07, 6.45) is 3.87. The Morgan fingerprint density at radius 1 is 1.10 bits per heavy atom. The van der Waals surface area contributed by atoms with Crippen LogP contribution in [0.1, 0.15) is 43.9 Å². The fraction of sp³-hybridized carbons (Fsp3) is 0.360. The number of carbonyl (C=O) groups is 1. The highest BCUT2D eigenvalue weighted by molar-refractivity contribution is 7.10. The maximum atomic E-state index is 12.2. The van der Waals surface area contributed by atoms with E-state index in [0.717, 1.165) is 42.7 Å². The monoisotopic (exact) mass is 420 g/mol. The molecule has 2 heterocycles. The summed E-state index contributed by atoms with van der Waals surface area (Å²) in [6, 6.07) is 20.4. The Bertz CT molecular complexity index is 956. The number of nitrogens with zero attached hydrogens (tertiary/aromatic N) is 2. The summed E-state index contributed by atoms with van der Waals surface area (Å²) < 4.78 is 5.90. The molecule has 5 heteroatoms. The summed E-state index contributed by atoms with van der Waals surface area (Å²) in [4.78, 5) is 20.1. The number of carbonyl (C=O) groups excluding carboxylic acids is 1. The first kappa shape index (κ1) is 20.6. The smallest absolute Gasteiger partial charge is 0.210 e. The number of ether oxygens (including phenoxy) is 1. The largest absolute Gasteiger partial charge is 0.494 e. The van der Waals surface area contributed by atoms with E-state index in [4.69, 9.17) is 4.74 Å². The molecule has 2 unspecified atom stereocenters. The van der Waals surface area contributed by atoms with Crippen molar-refractivity contribution in [2.75, 3.05) is 6.61 Å². The van der Waals surface area contributed by atoms with Gasteiger partial charge in [0.05, 0.1) is 17.8 Å². The van der Waals surface area contributed by atoms with Gasteiger partial charge in [0.1, 0.15) is 5.75 Å². The van der Waals surface area contributed by atoms with Gasteiger partial charge in [-0.1, -0.05) is 48.5 Å². The van der Waals surface area contributed by atoms with Crippen LogP contribution in [0.2, 0.25) is 0 Å². The molecule has 30 heavy (non-hydrogen) atoms. The summed E-state index contributed by atoms with van der Waals surface area (Å²) in [5.74, 6) is 1.14. The van der Waals surface area contributed by atoms with Crippen LogP contribution in [0.5, 0.6) is 5.75 Å². The third-order valence-corrected chi connectivity index (χ3v) is 7.18. The lowest BCUT2D eigenvalue weighted by atomic mass is 9.74. The van der Waals surface area contributed by atoms with E-state index in [2.05, 4.69) is 31.0 Å². The van der Waals surface area contributed by atoms with Crippen LogP contribution < -0.4 is 4.74 Å². The Hall–Kier alpha value is -2.66. The minimum Gasteiger partial charge on any atom is -0.494 e. The molecule has 1 aliphatic rings. The molecule has 1 amide bonds. The lowest BCUT2D eigenvalue weighted by Crippen LogP contribution is -2.56. The first-order valence-electron chi connectivity index (χ1n) is 10.5. The van der Waals surface area contributed by atoms with Gasteiger partial charge in [0, 0.05) is 34.4 Å². The van der Waals surface area contributed by atoms with Gasteiger partial charge in [-0.2, -0.15) is 0 Å². The number of thiazole rings is 1. The van der Waals surface area contributed by atoms with E-state index in [-0.39, 0.29) is 17.5 Å². The Balaban J connectivity index is 1.50. The Labute approximate surface area is 182 Å². The number of likely N-dealkylation sites (tertiary alicyclic amines) is 1. The minimum absolute atomic E-state index is 0.186. The summed E-state index contributed by atoms with van der Waals surface area (Å²) in [7, 11) is 0. The lowest BCUT2D eigenvalue weighted by Gasteiger charge is -2.50. The van der Waals surface area contributed by atoms with Crippen LogP contribution in [0.4, 0.5) is 0 Å². The fourth-order valence-electron chi connectivity index (χ4n) is 4.60. The normalized spacial score (nSPS) is 20.7. The molecule has 0 saturated carbocycles. The second-order valence-corrected chi connectivity index (χ2v) is 9.22. The van der Waals surface area contributed by atoms with Crippen molar-refractivity contribution >= 4 is 17.7 Å². The van der Waals surface area contributed by atoms with Crippen LogP contribution in [-0.4, -0.2) is 34.5 Å². The molecule has 0 radical (unpaired) electrons. The Morgan fingerprint density at radius 3 is 2.50 bits per heavy atom. The van der Waals surface area contributed by atoms with Gasteiger partial charge in [-0.25, -0.2) is 4.98 Å². The molecule has 1 fully saturated rings. The molecule has 4 nitrogen and oxygen atoms in total. The molecular weight excluding hydrogens is 392 g/mol. The number of rotatable bonds is 7. The predicted molar refractivity (Wildman–Crippen MR) is 122 cm³/mol. The molecule has 1 aromatic heterocycles. The highest BCUT2D eigenvalue weighted by Gasteiger charge is 2.44. The molecule has 156 valence electrons. The number of aromatic nitrogens is 1. The van der Waals surface area contributed by atoms with Crippen molar-refractivity contribution in [1.29, 1.82) is 0 Å². The van der Waals surface area contributed by atoms with E-state index in [1.54, 1.807) is 11.3 Å². The molecule has 0 aliphatic carbocycles. The van der Waals surface area contributed by atoms with Gasteiger partial charge in [0.25, 0.3) is 0 Å². The van der Waals surface area contributed by atoms with Crippen molar-refractivity contribution in [2.24, 2.45) is 0 Å². The maximum absolute atomic E-state index is 12.2. The molecule has 0 N–H and O–H groups in total. The van der Waals surface area contributed by atoms with Gasteiger partial charge in [-0.3, -0.25) is 4.79 Å². The van der Waals surface area contributed by atoms with Crippen molar-refractivity contribution in [3.05, 3.63) is 71.1 Å². The number of piperidine rings is 1. The van der Waals surface area contributed by atoms with Gasteiger partial charge in [-0.05, 0) is 38.8 Å². The fourth-order valence-corrected chi connectivity index (χ4v) is 5.73. The van der Waals surface area contributed by atoms with Crippen LogP contribution in [-0.2, 0) is 4.79 Å². The van der Waals surface area contributed by atoms with Crippen molar-refractivity contribution in [3.8, 4) is 17.0 Å². The molecule has 3 aromatic rings. The lowest BCUT2D eigenvalue weighted by molar-refractivity contribution is -0.130. The van der Waals surface area contributed by atoms with Crippen LogP contribution in [0, 0.1) is 0 Å². The number of hydrogen-bond donors (Lipinski definition) is 0. The quantitative estimate of drug-likeness (QED) is 0.456. The van der Waals surface area contributed by atoms with E-state index in [1.165, 1.54) is 4.88 Å². The third kappa shape index (κ3) is 4.12. The van der Waals surface area contributed by atoms with E-state index in [9.17, 15) is 4.79 Å². The highest BCUT2D eigenvalue weighted by Crippen LogP contribution is 2.47. The molecule has 2 aromatic carbocycles. The SMILES string of the molecule is CC1(C)C(c2scnc2-c2ccccc2)CCC(CCOc2ccccc2)N1C=O. The number of hydrogen-bond acceptors (Lipinski definition) is 4. The van der Waals surface area contributed by atoms with E-state index < -0.39 is 0 Å². The van der Waals surface area contributed by atoms with E-state index in [0.29, 0.717) is 6.61 Å². The average molecular weight is 421 g/mol. The standard InChI is InChI=1S/C25H28N2O2S/c1-25(2)22(24-23(26-17-30-24)19-9-5-3-6-10-19)14-13-20(27(25)18-28)15-16-29-21-11-7-4-8-12-21/h3-12,17-18,20,22H,13-16H2,1-2H3. The van der Waals surface area contributed by atoms with Gasteiger partial charge in [0.2, 0.25) is 6.41 Å². The first-order valence-corrected chi connectivity index (χ1v) is 11.4. The maximum Gasteiger partial charge on any atom is 0.210 e. The van der Waals surface area contributed by atoms with Crippen molar-refractivity contribution in [2.45, 2.75) is 50.6 Å². The predicted octanol–water partition coefficient (Wildman–Crippen LogP) is 5.76. The zero-order valence-corrected chi connectivity index (χ0v) is 18.3. The molecule has 1 saturated heterocycles. The van der Waals surface area contributed by atoms with Gasteiger partial charge < -0.3 is 9.64 Å². The molecule has 2 atom stereocenters. The summed E-state index contributed by atoms with van der Waals surface area (Å²) in [5, 5.41) is 0. The average Bonchev–Trinajstić information content (AvgIpc) is 3.24. The van der Waals surface area contributed by atoms with Gasteiger partial charge in [0.15, 0.2) is 0 Å². The van der Waals surface area contributed by atoms with Crippen LogP contribution in [0.3, 0.4) is 0 Å². The van der Waals surface area contributed by atoms with E-state index >= 15 is 0 Å².